The van der Waals surface area contributed by atoms with E-state index in [1.54, 1.807) is 12.3 Å². The maximum absolute atomic E-state index is 12.3. The van der Waals surface area contributed by atoms with Crippen LogP contribution in [0.2, 0.25) is 0 Å². The molecule has 0 bridgehead atoms. The smallest absolute Gasteiger partial charge is 0.258 e. The summed E-state index contributed by atoms with van der Waals surface area (Å²) in [4.78, 5) is 24.1. The van der Waals surface area contributed by atoms with E-state index in [0.717, 1.165) is 17.2 Å². The highest BCUT2D eigenvalue weighted by Gasteiger charge is 2.19. The summed E-state index contributed by atoms with van der Waals surface area (Å²) in [5.74, 6) is 1.31. The Labute approximate surface area is 150 Å². The van der Waals surface area contributed by atoms with Gasteiger partial charge in [-0.2, -0.15) is 5.10 Å². The molecule has 4 rings (SSSR count). The SMILES string of the molecule is CC(C)(C)c1cc(-c2nccn2Cc2nc3ccccc3c(=O)[nH]2)n[nH]1. The van der Waals surface area contributed by atoms with E-state index in [4.69, 9.17) is 0 Å². The first-order valence-electron chi connectivity index (χ1n) is 8.47. The van der Waals surface area contributed by atoms with Gasteiger partial charge in [0.2, 0.25) is 0 Å². The van der Waals surface area contributed by atoms with Crippen LogP contribution in [-0.2, 0) is 12.0 Å². The fourth-order valence-electron chi connectivity index (χ4n) is 2.86. The van der Waals surface area contributed by atoms with Crippen LogP contribution < -0.4 is 5.56 Å². The van der Waals surface area contributed by atoms with Crippen LogP contribution >= 0.6 is 0 Å². The quantitative estimate of drug-likeness (QED) is 0.595. The fourth-order valence-corrected chi connectivity index (χ4v) is 2.86. The van der Waals surface area contributed by atoms with Gasteiger partial charge >= 0.3 is 0 Å². The number of hydrogen-bond acceptors (Lipinski definition) is 4. The first-order chi connectivity index (χ1) is 12.4. The Bertz CT molecular complexity index is 1130. The highest BCUT2D eigenvalue weighted by molar-refractivity contribution is 5.77. The van der Waals surface area contributed by atoms with Crippen LogP contribution in [0, 0.1) is 0 Å². The van der Waals surface area contributed by atoms with Crippen molar-refractivity contribution < 1.29 is 0 Å². The van der Waals surface area contributed by atoms with E-state index in [2.05, 4.69) is 45.9 Å². The summed E-state index contributed by atoms with van der Waals surface area (Å²) in [6.45, 7) is 6.79. The number of imidazole rings is 1. The molecular formula is C19H20N6O. The molecule has 1 aromatic carbocycles. The molecule has 0 aliphatic carbocycles. The molecule has 3 heterocycles. The average molecular weight is 348 g/mol. The van der Waals surface area contributed by atoms with Crippen molar-refractivity contribution in [2.24, 2.45) is 0 Å². The second-order valence-corrected chi connectivity index (χ2v) is 7.33. The maximum atomic E-state index is 12.3. The van der Waals surface area contributed by atoms with E-state index in [9.17, 15) is 4.79 Å². The number of rotatable bonds is 3. The van der Waals surface area contributed by atoms with Gasteiger partial charge in [-0.05, 0) is 18.2 Å². The van der Waals surface area contributed by atoms with Crippen LogP contribution in [0.1, 0.15) is 32.3 Å². The monoisotopic (exact) mass is 348 g/mol. The molecule has 2 N–H and O–H groups in total. The summed E-state index contributed by atoms with van der Waals surface area (Å²) in [6, 6.07) is 9.32. The number of fused-ring (bicyclic) bond motifs is 1. The van der Waals surface area contributed by atoms with Crippen molar-refractivity contribution in [1.82, 2.24) is 29.7 Å². The lowest BCUT2D eigenvalue weighted by Crippen LogP contribution is -2.14. The number of nitrogens with zero attached hydrogens (tertiary/aromatic N) is 4. The van der Waals surface area contributed by atoms with Crippen molar-refractivity contribution in [2.75, 3.05) is 0 Å². The lowest BCUT2D eigenvalue weighted by molar-refractivity contribution is 0.567. The first-order valence-corrected chi connectivity index (χ1v) is 8.47. The van der Waals surface area contributed by atoms with Gasteiger partial charge in [-0.25, -0.2) is 9.97 Å². The molecule has 7 heteroatoms. The predicted molar refractivity (Wildman–Crippen MR) is 100.0 cm³/mol. The number of nitrogens with one attached hydrogen (secondary N) is 2. The third kappa shape index (κ3) is 2.92. The standard InChI is InChI=1S/C19H20N6O/c1-19(2,3)15-10-14(23-24-15)17-20-8-9-25(17)11-16-21-13-7-5-4-6-12(13)18(26)22-16/h4-10H,11H2,1-3H3,(H,23,24)(H,21,22,26). The van der Waals surface area contributed by atoms with Gasteiger partial charge in [0.25, 0.3) is 5.56 Å². The summed E-state index contributed by atoms with van der Waals surface area (Å²) in [6.07, 6.45) is 3.58. The number of H-pyrrole nitrogens is 2. The molecule has 0 fully saturated rings. The molecule has 0 aliphatic heterocycles. The van der Waals surface area contributed by atoms with Crippen molar-refractivity contribution in [2.45, 2.75) is 32.7 Å². The summed E-state index contributed by atoms with van der Waals surface area (Å²) < 4.78 is 1.93. The molecule has 0 amide bonds. The van der Waals surface area contributed by atoms with E-state index in [0.29, 0.717) is 23.3 Å². The molecule has 3 aromatic heterocycles. The van der Waals surface area contributed by atoms with Crippen molar-refractivity contribution in [3.63, 3.8) is 0 Å². The number of hydrogen-bond donors (Lipinski definition) is 2. The van der Waals surface area contributed by atoms with Crippen LogP contribution in [0.4, 0.5) is 0 Å². The third-order valence-electron chi connectivity index (χ3n) is 4.31. The summed E-state index contributed by atoms with van der Waals surface area (Å²) in [5.41, 5.74) is 2.33. The van der Waals surface area contributed by atoms with E-state index in [1.165, 1.54) is 0 Å². The minimum absolute atomic E-state index is 0.0200. The highest BCUT2D eigenvalue weighted by atomic mass is 16.1. The van der Waals surface area contributed by atoms with Crippen molar-refractivity contribution in [3.8, 4) is 11.5 Å². The normalized spacial score (nSPS) is 12.0. The van der Waals surface area contributed by atoms with Crippen molar-refractivity contribution in [1.29, 1.82) is 0 Å². The van der Waals surface area contributed by atoms with Gasteiger partial charge in [-0.1, -0.05) is 32.9 Å². The highest BCUT2D eigenvalue weighted by Crippen LogP contribution is 2.24. The van der Waals surface area contributed by atoms with Crippen LogP contribution in [0.15, 0.2) is 47.5 Å². The number of benzene rings is 1. The number of para-hydroxylation sites is 1. The zero-order valence-corrected chi connectivity index (χ0v) is 14.9. The molecule has 7 nitrogen and oxygen atoms in total. The molecule has 0 saturated carbocycles. The Hall–Kier alpha value is -3.22. The zero-order chi connectivity index (χ0) is 18.3. The van der Waals surface area contributed by atoms with Crippen molar-refractivity contribution in [3.05, 3.63) is 64.6 Å². The second kappa shape index (κ2) is 5.94. The van der Waals surface area contributed by atoms with Gasteiger partial charge in [-0.3, -0.25) is 9.89 Å². The molecular weight excluding hydrogens is 328 g/mol. The maximum Gasteiger partial charge on any atom is 0.258 e. The Kier molecular flexibility index (Phi) is 3.72. The largest absolute Gasteiger partial charge is 0.322 e. The zero-order valence-electron chi connectivity index (χ0n) is 14.9. The molecule has 0 atom stereocenters. The predicted octanol–water partition coefficient (Wildman–Crippen LogP) is 2.86. The minimum atomic E-state index is -0.137. The third-order valence-corrected chi connectivity index (χ3v) is 4.31. The van der Waals surface area contributed by atoms with Gasteiger partial charge in [0, 0.05) is 23.5 Å². The van der Waals surface area contributed by atoms with E-state index >= 15 is 0 Å². The van der Waals surface area contributed by atoms with Crippen molar-refractivity contribution >= 4 is 10.9 Å². The average Bonchev–Trinajstić information content (AvgIpc) is 3.23. The summed E-state index contributed by atoms with van der Waals surface area (Å²) in [7, 11) is 0. The van der Waals surface area contributed by atoms with Gasteiger partial charge in [0.15, 0.2) is 5.82 Å². The molecule has 0 radical (unpaired) electrons. The second-order valence-electron chi connectivity index (χ2n) is 7.33. The Balaban J connectivity index is 1.70. The van der Waals surface area contributed by atoms with Crippen LogP contribution in [0.25, 0.3) is 22.4 Å². The molecule has 4 aromatic rings. The van der Waals surface area contributed by atoms with Crippen LogP contribution in [0.5, 0.6) is 0 Å². The summed E-state index contributed by atoms with van der Waals surface area (Å²) >= 11 is 0. The van der Waals surface area contributed by atoms with Gasteiger partial charge in [-0.15, -0.1) is 0 Å². The van der Waals surface area contributed by atoms with Gasteiger partial charge < -0.3 is 9.55 Å². The Morgan fingerprint density at radius 1 is 1.19 bits per heavy atom. The Morgan fingerprint density at radius 3 is 2.77 bits per heavy atom. The van der Waals surface area contributed by atoms with Crippen LogP contribution in [0.3, 0.4) is 0 Å². The van der Waals surface area contributed by atoms with Crippen LogP contribution in [-0.4, -0.2) is 29.7 Å². The van der Waals surface area contributed by atoms with Gasteiger partial charge in [0.05, 0.1) is 17.4 Å². The lowest BCUT2D eigenvalue weighted by atomic mass is 9.92. The van der Waals surface area contributed by atoms with E-state index < -0.39 is 0 Å². The van der Waals surface area contributed by atoms with Gasteiger partial charge in [0.1, 0.15) is 11.5 Å². The topological polar surface area (TPSA) is 92.2 Å². The number of aromatic nitrogens is 6. The molecule has 132 valence electrons. The summed E-state index contributed by atoms with van der Waals surface area (Å²) in [5, 5.41) is 8.06. The molecule has 0 spiro atoms. The fraction of sp³-hybridized carbons (Fsp3) is 0.263. The van der Waals surface area contributed by atoms with E-state index in [-0.39, 0.29) is 11.0 Å². The molecule has 0 aliphatic rings. The molecule has 26 heavy (non-hydrogen) atoms. The minimum Gasteiger partial charge on any atom is -0.322 e. The molecule has 0 unspecified atom stereocenters. The molecule has 0 saturated heterocycles. The first kappa shape index (κ1) is 16.3. The number of aromatic amines is 2. The van der Waals surface area contributed by atoms with E-state index in [1.807, 2.05) is 35.0 Å². The lowest BCUT2D eigenvalue weighted by Gasteiger charge is -2.14. The Morgan fingerprint density at radius 2 is 2.00 bits per heavy atom.